The molecule has 0 heterocycles. The molecule has 1 aromatic carbocycles. The van der Waals surface area contributed by atoms with E-state index in [1.807, 2.05) is 25.1 Å². The van der Waals surface area contributed by atoms with Crippen LogP contribution in [0.15, 0.2) is 22.7 Å². The third kappa shape index (κ3) is 6.96. The molecule has 2 atom stereocenters. The van der Waals surface area contributed by atoms with E-state index in [0.717, 1.165) is 22.1 Å². The Labute approximate surface area is 163 Å². The standard InChI is InChI=1S/C19H28BrN3O3/c1-13-5-3-4-6-17(13)26-10-9-21-19(25)22-12-18(24)23-16-8-7-15(20)11-14(16)2/h7-8,11,13,17H,3-6,9-10,12H2,1-2H3,(H,23,24)(H2,21,22,25). The van der Waals surface area contributed by atoms with Gasteiger partial charge in [0.2, 0.25) is 5.91 Å². The molecular weight excluding hydrogens is 398 g/mol. The van der Waals surface area contributed by atoms with Gasteiger partial charge in [-0.1, -0.05) is 35.7 Å². The summed E-state index contributed by atoms with van der Waals surface area (Å²) in [6, 6.07) is 5.23. The molecule has 26 heavy (non-hydrogen) atoms. The van der Waals surface area contributed by atoms with Crippen molar-refractivity contribution < 1.29 is 14.3 Å². The number of ether oxygens (including phenoxy) is 1. The lowest BCUT2D eigenvalue weighted by Gasteiger charge is -2.28. The fourth-order valence-corrected chi connectivity index (χ4v) is 3.57. The molecule has 0 radical (unpaired) electrons. The van der Waals surface area contributed by atoms with Gasteiger partial charge in [0.15, 0.2) is 0 Å². The van der Waals surface area contributed by atoms with Crippen LogP contribution in [0.25, 0.3) is 0 Å². The van der Waals surface area contributed by atoms with Crippen LogP contribution in [0, 0.1) is 12.8 Å². The Balaban J connectivity index is 1.60. The van der Waals surface area contributed by atoms with Gasteiger partial charge in [0.1, 0.15) is 0 Å². The third-order valence-electron chi connectivity index (χ3n) is 4.62. The lowest BCUT2D eigenvalue weighted by atomic mass is 9.88. The van der Waals surface area contributed by atoms with E-state index in [1.54, 1.807) is 0 Å². The summed E-state index contributed by atoms with van der Waals surface area (Å²) in [7, 11) is 0. The van der Waals surface area contributed by atoms with E-state index in [-0.39, 0.29) is 18.5 Å². The minimum Gasteiger partial charge on any atom is -0.376 e. The second-order valence-electron chi connectivity index (χ2n) is 6.79. The first kappa shape index (κ1) is 20.7. The maximum absolute atomic E-state index is 11.9. The molecule has 6 nitrogen and oxygen atoms in total. The maximum Gasteiger partial charge on any atom is 0.315 e. The highest BCUT2D eigenvalue weighted by molar-refractivity contribution is 9.10. The number of urea groups is 1. The zero-order chi connectivity index (χ0) is 18.9. The van der Waals surface area contributed by atoms with Gasteiger partial charge in [-0.05, 0) is 49.4 Å². The molecule has 0 spiro atoms. The van der Waals surface area contributed by atoms with Crippen molar-refractivity contribution in [2.75, 3.05) is 25.0 Å². The monoisotopic (exact) mass is 425 g/mol. The number of amides is 3. The topological polar surface area (TPSA) is 79.5 Å². The predicted molar refractivity (Wildman–Crippen MR) is 106 cm³/mol. The summed E-state index contributed by atoms with van der Waals surface area (Å²) in [6.45, 7) is 4.97. The normalized spacial score (nSPS) is 19.7. The van der Waals surface area contributed by atoms with Crippen molar-refractivity contribution in [1.82, 2.24) is 10.6 Å². The third-order valence-corrected chi connectivity index (χ3v) is 5.12. The summed E-state index contributed by atoms with van der Waals surface area (Å²) in [5.41, 5.74) is 1.68. The Bertz CT molecular complexity index is 624. The van der Waals surface area contributed by atoms with E-state index in [1.165, 1.54) is 19.3 Å². The van der Waals surface area contributed by atoms with E-state index in [0.29, 0.717) is 25.2 Å². The van der Waals surface area contributed by atoms with Crippen molar-refractivity contribution in [1.29, 1.82) is 0 Å². The van der Waals surface area contributed by atoms with Crippen LogP contribution in [-0.4, -0.2) is 37.7 Å². The van der Waals surface area contributed by atoms with Crippen LogP contribution in [0.5, 0.6) is 0 Å². The van der Waals surface area contributed by atoms with Crippen LogP contribution in [-0.2, 0) is 9.53 Å². The van der Waals surface area contributed by atoms with Gasteiger partial charge in [-0.3, -0.25) is 4.79 Å². The Morgan fingerprint density at radius 3 is 2.73 bits per heavy atom. The van der Waals surface area contributed by atoms with Crippen molar-refractivity contribution >= 4 is 33.6 Å². The number of hydrogen-bond acceptors (Lipinski definition) is 3. The largest absolute Gasteiger partial charge is 0.376 e. The van der Waals surface area contributed by atoms with Crippen LogP contribution in [0.1, 0.15) is 38.2 Å². The molecule has 0 bridgehead atoms. The van der Waals surface area contributed by atoms with Crippen LogP contribution in [0.4, 0.5) is 10.5 Å². The van der Waals surface area contributed by atoms with Gasteiger partial charge in [-0.2, -0.15) is 0 Å². The number of halogens is 1. The van der Waals surface area contributed by atoms with Crippen molar-refractivity contribution in [3.05, 3.63) is 28.2 Å². The summed E-state index contributed by atoms with van der Waals surface area (Å²) >= 11 is 3.38. The highest BCUT2D eigenvalue weighted by Crippen LogP contribution is 2.26. The van der Waals surface area contributed by atoms with Crippen LogP contribution in [0.3, 0.4) is 0 Å². The summed E-state index contributed by atoms with van der Waals surface area (Å²) in [5.74, 6) is 0.321. The number of aryl methyl sites for hydroxylation is 1. The second kappa shape index (κ2) is 10.5. The van der Waals surface area contributed by atoms with E-state index in [2.05, 4.69) is 38.8 Å². The van der Waals surface area contributed by atoms with E-state index in [9.17, 15) is 9.59 Å². The van der Waals surface area contributed by atoms with Crippen LogP contribution < -0.4 is 16.0 Å². The van der Waals surface area contributed by atoms with Gasteiger partial charge < -0.3 is 20.7 Å². The van der Waals surface area contributed by atoms with Gasteiger partial charge in [0.05, 0.1) is 19.3 Å². The fraction of sp³-hybridized carbons (Fsp3) is 0.579. The highest BCUT2D eigenvalue weighted by Gasteiger charge is 2.21. The number of carbonyl (C=O) groups is 2. The fourth-order valence-electron chi connectivity index (χ4n) is 3.09. The van der Waals surface area contributed by atoms with Crippen molar-refractivity contribution in [2.45, 2.75) is 45.6 Å². The summed E-state index contributed by atoms with van der Waals surface area (Å²) in [5, 5.41) is 8.05. The lowest BCUT2D eigenvalue weighted by Crippen LogP contribution is -2.41. The van der Waals surface area contributed by atoms with Gasteiger partial charge >= 0.3 is 6.03 Å². The summed E-state index contributed by atoms with van der Waals surface area (Å²) < 4.78 is 6.80. The first-order valence-corrected chi connectivity index (χ1v) is 9.94. The summed E-state index contributed by atoms with van der Waals surface area (Å²) in [4.78, 5) is 23.7. The molecule has 1 aliphatic carbocycles. The molecule has 3 N–H and O–H groups in total. The molecule has 7 heteroatoms. The molecule has 1 aliphatic rings. The average Bonchev–Trinajstić information content (AvgIpc) is 2.61. The smallest absolute Gasteiger partial charge is 0.315 e. The zero-order valence-electron chi connectivity index (χ0n) is 15.4. The quantitative estimate of drug-likeness (QED) is 0.583. The van der Waals surface area contributed by atoms with Gasteiger partial charge in [-0.25, -0.2) is 4.79 Å². The number of nitrogens with one attached hydrogen (secondary N) is 3. The minimum absolute atomic E-state index is 0.0815. The van der Waals surface area contributed by atoms with Crippen molar-refractivity contribution in [3.8, 4) is 0 Å². The average molecular weight is 426 g/mol. The Kier molecular flexibility index (Phi) is 8.38. The molecule has 1 fully saturated rings. The summed E-state index contributed by atoms with van der Waals surface area (Å²) in [6.07, 6.45) is 5.11. The van der Waals surface area contributed by atoms with Gasteiger partial charge in [0, 0.05) is 16.7 Å². The molecule has 1 aromatic rings. The molecule has 2 unspecified atom stereocenters. The van der Waals surface area contributed by atoms with Gasteiger partial charge in [0.25, 0.3) is 0 Å². The van der Waals surface area contributed by atoms with E-state index >= 15 is 0 Å². The number of hydrogen-bond donors (Lipinski definition) is 3. The highest BCUT2D eigenvalue weighted by atomic mass is 79.9. The SMILES string of the molecule is Cc1cc(Br)ccc1NC(=O)CNC(=O)NCCOC1CCCCC1C. The minimum atomic E-state index is -0.368. The number of rotatable bonds is 7. The van der Waals surface area contributed by atoms with Crippen LogP contribution >= 0.6 is 15.9 Å². The van der Waals surface area contributed by atoms with E-state index < -0.39 is 0 Å². The number of carbonyl (C=O) groups excluding carboxylic acids is 2. The first-order valence-electron chi connectivity index (χ1n) is 9.15. The van der Waals surface area contributed by atoms with E-state index in [4.69, 9.17) is 4.74 Å². The van der Waals surface area contributed by atoms with Gasteiger partial charge in [-0.15, -0.1) is 0 Å². The first-order chi connectivity index (χ1) is 12.5. The Hall–Kier alpha value is -1.60. The molecule has 2 rings (SSSR count). The number of anilines is 1. The number of benzene rings is 1. The molecule has 0 saturated heterocycles. The molecule has 0 aliphatic heterocycles. The molecule has 1 saturated carbocycles. The van der Waals surface area contributed by atoms with Crippen LogP contribution in [0.2, 0.25) is 0 Å². The maximum atomic E-state index is 11.9. The Morgan fingerprint density at radius 1 is 1.23 bits per heavy atom. The van der Waals surface area contributed by atoms with Crippen molar-refractivity contribution in [2.24, 2.45) is 5.92 Å². The predicted octanol–water partition coefficient (Wildman–Crippen LogP) is 3.59. The molecule has 3 amide bonds. The Morgan fingerprint density at radius 2 is 2.00 bits per heavy atom. The molecule has 0 aromatic heterocycles. The molecular formula is C19H28BrN3O3. The lowest BCUT2D eigenvalue weighted by molar-refractivity contribution is -0.115. The molecule has 144 valence electrons. The second-order valence-corrected chi connectivity index (χ2v) is 7.70. The van der Waals surface area contributed by atoms with Crippen molar-refractivity contribution in [3.63, 3.8) is 0 Å². The zero-order valence-corrected chi connectivity index (χ0v) is 17.0.